The molecule has 1 aliphatic rings. The predicted molar refractivity (Wildman–Crippen MR) is 96.4 cm³/mol. The molecule has 4 rings (SSSR count). The van der Waals surface area contributed by atoms with E-state index in [9.17, 15) is 14.5 Å². The number of hydrogen-bond donors (Lipinski definition) is 3. The van der Waals surface area contributed by atoms with Crippen LogP contribution in [0.4, 0.5) is 21.8 Å². The zero-order chi connectivity index (χ0) is 19.0. The summed E-state index contributed by atoms with van der Waals surface area (Å²) in [7, 11) is 0. The first kappa shape index (κ1) is 16.9. The van der Waals surface area contributed by atoms with E-state index in [4.69, 9.17) is 5.73 Å². The van der Waals surface area contributed by atoms with Crippen molar-refractivity contribution >= 4 is 17.5 Å². The third kappa shape index (κ3) is 3.54. The smallest absolute Gasteiger partial charge is 0.339 e. The molecule has 1 fully saturated rings. The molecule has 0 saturated heterocycles. The van der Waals surface area contributed by atoms with Gasteiger partial charge in [0.2, 0.25) is 11.8 Å². The van der Waals surface area contributed by atoms with Gasteiger partial charge in [-0.1, -0.05) is 12.1 Å². The van der Waals surface area contributed by atoms with E-state index in [0.29, 0.717) is 11.6 Å². The van der Waals surface area contributed by atoms with Gasteiger partial charge in [0, 0.05) is 18.2 Å². The lowest BCUT2D eigenvalue weighted by atomic mass is 10.2. The minimum Gasteiger partial charge on any atom is -0.368 e. The van der Waals surface area contributed by atoms with Gasteiger partial charge in [-0.3, -0.25) is 15.2 Å². The van der Waals surface area contributed by atoms with Gasteiger partial charge in [0.25, 0.3) is 0 Å². The van der Waals surface area contributed by atoms with Crippen molar-refractivity contribution in [2.75, 3.05) is 11.1 Å². The molecule has 1 aromatic carbocycles. The molecule has 0 aliphatic heterocycles. The highest BCUT2D eigenvalue weighted by Gasteiger charge is 2.30. The number of nitrogens with one attached hydrogen (secondary N) is 2. The number of benzene rings is 1. The number of anilines is 2. The molecule has 0 spiro atoms. The first-order chi connectivity index (χ1) is 13.0. The second kappa shape index (κ2) is 6.63. The third-order valence-corrected chi connectivity index (χ3v) is 4.31. The van der Waals surface area contributed by atoms with Gasteiger partial charge >= 0.3 is 5.69 Å². The summed E-state index contributed by atoms with van der Waals surface area (Å²) in [6.45, 7) is 0.213. The summed E-state index contributed by atoms with van der Waals surface area (Å²) in [6.07, 6.45) is 2.14. The van der Waals surface area contributed by atoms with E-state index in [-0.39, 0.29) is 35.5 Å². The summed E-state index contributed by atoms with van der Waals surface area (Å²) >= 11 is 0. The standard InChI is InChI=1S/C17H16FN7O2/c18-11-5-1-9(2-6-11)8-20-16-15(25(26)27)14(21-17(19)22-16)13-7-12(23-24-13)10-3-4-10/h1-2,5-7,10H,3-4,8H2,(H,23,24)(H3,19,20,21,22). The minimum atomic E-state index is -0.562. The number of nitro groups is 1. The molecule has 27 heavy (non-hydrogen) atoms. The quantitative estimate of drug-likeness (QED) is 0.449. The molecule has 0 atom stereocenters. The van der Waals surface area contributed by atoms with Crippen LogP contribution in [-0.2, 0) is 6.54 Å². The molecule has 1 saturated carbocycles. The summed E-state index contributed by atoms with van der Waals surface area (Å²) in [6, 6.07) is 7.54. The van der Waals surface area contributed by atoms with Gasteiger partial charge in [-0.2, -0.15) is 10.1 Å². The van der Waals surface area contributed by atoms with E-state index >= 15 is 0 Å². The van der Waals surface area contributed by atoms with Crippen LogP contribution in [0.3, 0.4) is 0 Å². The van der Waals surface area contributed by atoms with Crippen molar-refractivity contribution in [3.63, 3.8) is 0 Å². The third-order valence-electron chi connectivity index (χ3n) is 4.31. The van der Waals surface area contributed by atoms with E-state index < -0.39 is 4.92 Å². The summed E-state index contributed by atoms with van der Waals surface area (Å²) in [5.41, 5.74) is 7.52. The Morgan fingerprint density at radius 2 is 2.04 bits per heavy atom. The lowest BCUT2D eigenvalue weighted by Gasteiger charge is -2.09. The molecule has 4 N–H and O–H groups in total. The van der Waals surface area contributed by atoms with Crippen molar-refractivity contribution in [2.45, 2.75) is 25.3 Å². The lowest BCUT2D eigenvalue weighted by Crippen LogP contribution is -2.09. The Hall–Kier alpha value is -3.56. The summed E-state index contributed by atoms with van der Waals surface area (Å²) in [5, 5.41) is 21.6. The number of nitrogen functional groups attached to an aromatic ring is 1. The molecule has 2 heterocycles. The molecule has 2 aromatic heterocycles. The average Bonchev–Trinajstić information content (AvgIpc) is 3.37. The molecule has 138 valence electrons. The second-order valence-electron chi connectivity index (χ2n) is 6.35. The van der Waals surface area contributed by atoms with Crippen LogP contribution in [0.1, 0.15) is 30.0 Å². The van der Waals surface area contributed by atoms with Gasteiger partial charge in [0.05, 0.1) is 4.92 Å². The fourth-order valence-corrected chi connectivity index (χ4v) is 2.80. The number of aromatic amines is 1. The van der Waals surface area contributed by atoms with E-state index in [1.54, 1.807) is 18.2 Å². The Balaban J connectivity index is 1.68. The number of aromatic nitrogens is 4. The Morgan fingerprint density at radius 1 is 1.30 bits per heavy atom. The van der Waals surface area contributed by atoms with Crippen LogP contribution in [0, 0.1) is 15.9 Å². The molecule has 3 aromatic rings. The van der Waals surface area contributed by atoms with Crippen molar-refractivity contribution in [1.29, 1.82) is 0 Å². The van der Waals surface area contributed by atoms with Crippen LogP contribution < -0.4 is 11.1 Å². The van der Waals surface area contributed by atoms with Crippen LogP contribution in [0.15, 0.2) is 30.3 Å². The minimum absolute atomic E-state index is 0.0113. The second-order valence-corrected chi connectivity index (χ2v) is 6.35. The highest BCUT2D eigenvalue weighted by molar-refractivity contribution is 5.76. The highest BCUT2D eigenvalue weighted by Crippen LogP contribution is 2.41. The van der Waals surface area contributed by atoms with Gasteiger partial charge in [0.1, 0.15) is 11.5 Å². The molecule has 0 bridgehead atoms. The maximum Gasteiger partial charge on any atom is 0.339 e. The van der Waals surface area contributed by atoms with Crippen LogP contribution in [0.2, 0.25) is 0 Å². The Kier molecular flexibility index (Phi) is 4.15. The molecule has 1 aliphatic carbocycles. The van der Waals surface area contributed by atoms with Crippen LogP contribution >= 0.6 is 0 Å². The van der Waals surface area contributed by atoms with Crippen molar-refractivity contribution in [1.82, 2.24) is 20.2 Å². The summed E-state index contributed by atoms with van der Waals surface area (Å²) in [5.74, 6) is -0.0557. The zero-order valence-corrected chi connectivity index (χ0v) is 14.1. The van der Waals surface area contributed by atoms with Crippen molar-refractivity contribution in [3.8, 4) is 11.4 Å². The number of hydrogen-bond acceptors (Lipinski definition) is 7. The van der Waals surface area contributed by atoms with E-state index in [1.807, 2.05) is 0 Å². The molecular formula is C17H16FN7O2. The summed E-state index contributed by atoms with van der Waals surface area (Å²) in [4.78, 5) is 19.1. The highest BCUT2D eigenvalue weighted by atomic mass is 19.1. The van der Waals surface area contributed by atoms with E-state index in [1.165, 1.54) is 12.1 Å². The van der Waals surface area contributed by atoms with Gasteiger partial charge < -0.3 is 11.1 Å². The lowest BCUT2D eigenvalue weighted by molar-refractivity contribution is -0.383. The number of halogens is 1. The van der Waals surface area contributed by atoms with Gasteiger partial charge in [-0.05, 0) is 36.6 Å². The first-order valence-corrected chi connectivity index (χ1v) is 8.37. The molecule has 10 heteroatoms. The molecule has 0 amide bonds. The fourth-order valence-electron chi connectivity index (χ4n) is 2.80. The average molecular weight is 369 g/mol. The molecule has 0 radical (unpaired) electrons. The van der Waals surface area contributed by atoms with Gasteiger partial charge in [-0.15, -0.1) is 0 Å². The molecule has 0 unspecified atom stereocenters. The Morgan fingerprint density at radius 3 is 2.70 bits per heavy atom. The monoisotopic (exact) mass is 369 g/mol. The van der Waals surface area contributed by atoms with E-state index in [0.717, 1.165) is 24.1 Å². The SMILES string of the molecule is Nc1nc(NCc2ccc(F)cc2)c([N+](=O)[O-])c(-c2cc(C3CC3)[nH]n2)n1. The largest absolute Gasteiger partial charge is 0.368 e. The Labute approximate surface area is 153 Å². The van der Waals surface area contributed by atoms with Crippen LogP contribution in [0.25, 0.3) is 11.4 Å². The predicted octanol–water partition coefficient (Wildman–Crippen LogP) is 2.99. The topological polar surface area (TPSA) is 136 Å². The maximum absolute atomic E-state index is 13.0. The first-order valence-electron chi connectivity index (χ1n) is 8.37. The normalized spacial score (nSPS) is 13.5. The van der Waals surface area contributed by atoms with Crippen molar-refractivity contribution < 1.29 is 9.31 Å². The van der Waals surface area contributed by atoms with Crippen LogP contribution in [0.5, 0.6) is 0 Å². The maximum atomic E-state index is 13.0. The van der Waals surface area contributed by atoms with Crippen LogP contribution in [-0.4, -0.2) is 25.1 Å². The molecular weight excluding hydrogens is 353 g/mol. The van der Waals surface area contributed by atoms with Gasteiger partial charge in [0.15, 0.2) is 5.69 Å². The zero-order valence-electron chi connectivity index (χ0n) is 14.1. The van der Waals surface area contributed by atoms with Crippen molar-refractivity contribution in [2.24, 2.45) is 0 Å². The van der Waals surface area contributed by atoms with Gasteiger partial charge in [-0.25, -0.2) is 9.37 Å². The number of nitrogens with zero attached hydrogens (tertiary/aromatic N) is 4. The Bertz CT molecular complexity index is 999. The molecule has 9 nitrogen and oxygen atoms in total. The fraction of sp³-hybridized carbons (Fsp3) is 0.235. The number of nitrogens with two attached hydrogens (primary N) is 1. The van der Waals surface area contributed by atoms with Crippen molar-refractivity contribution in [3.05, 3.63) is 57.5 Å². The summed E-state index contributed by atoms with van der Waals surface area (Å²) < 4.78 is 13.0. The number of H-pyrrole nitrogens is 1. The van der Waals surface area contributed by atoms with E-state index in [2.05, 4.69) is 25.5 Å². The number of rotatable bonds is 6.